The molecule has 1 aromatic heterocycles. The fourth-order valence-electron chi connectivity index (χ4n) is 2.90. The van der Waals surface area contributed by atoms with Gasteiger partial charge in [-0.2, -0.15) is 0 Å². The highest BCUT2D eigenvalue weighted by atomic mass is 32.1. The predicted octanol–water partition coefficient (Wildman–Crippen LogP) is 2.87. The molecule has 0 saturated heterocycles. The van der Waals surface area contributed by atoms with Crippen LogP contribution in [0.3, 0.4) is 0 Å². The van der Waals surface area contributed by atoms with Crippen LogP contribution < -0.4 is 5.32 Å². The largest absolute Gasteiger partial charge is 0.396 e. The lowest BCUT2D eigenvalue weighted by Gasteiger charge is -2.30. The summed E-state index contributed by atoms with van der Waals surface area (Å²) < 4.78 is 0. The Labute approximate surface area is 114 Å². The molecule has 0 aromatic carbocycles. The van der Waals surface area contributed by atoms with Crippen molar-refractivity contribution in [2.45, 2.75) is 58.0 Å². The Hall–Kier alpha value is -0.450. The van der Waals surface area contributed by atoms with Crippen LogP contribution in [0.2, 0.25) is 0 Å². The van der Waals surface area contributed by atoms with E-state index in [9.17, 15) is 5.11 Å². The van der Waals surface area contributed by atoms with Gasteiger partial charge in [-0.15, -0.1) is 11.3 Å². The van der Waals surface area contributed by atoms with E-state index in [2.05, 4.69) is 10.3 Å². The first-order valence-electron chi connectivity index (χ1n) is 7.05. The Kier molecular flexibility index (Phi) is 5.60. The van der Waals surface area contributed by atoms with Crippen molar-refractivity contribution in [1.29, 1.82) is 0 Å². The van der Waals surface area contributed by atoms with E-state index in [4.69, 9.17) is 0 Å². The summed E-state index contributed by atoms with van der Waals surface area (Å²) in [6.07, 6.45) is 9.57. The molecule has 1 aromatic rings. The molecule has 1 aliphatic rings. The second kappa shape index (κ2) is 7.22. The molecule has 0 unspecified atom stereocenters. The molecule has 1 heterocycles. The van der Waals surface area contributed by atoms with Crippen LogP contribution in [0.4, 0.5) is 0 Å². The Morgan fingerprint density at radius 1 is 1.44 bits per heavy atom. The number of aliphatic hydroxyl groups excluding tert-OH is 1. The topological polar surface area (TPSA) is 45.2 Å². The van der Waals surface area contributed by atoms with E-state index in [1.54, 1.807) is 11.3 Å². The van der Waals surface area contributed by atoms with Crippen LogP contribution in [-0.4, -0.2) is 22.7 Å². The lowest BCUT2D eigenvalue weighted by Crippen LogP contribution is -2.37. The van der Waals surface area contributed by atoms with Crippen LogP contribution >= 0.6 is 11.3 Å². The SMILES string of the molecule is Cc1ncc(CN[C@H](CCO)C2CCCCC2)s1. The summed E-state index contributed by atoms with van der Waals surface area (Å²) in [5.41, 5.74) is 0. The summed E-state index contributed by atoms with van der Waals surface area (Å²) in [6.45, 7) is 3.23. The van der Waals surface area contributed by atoms with Crippen molar-refractivity contribution < 1.29 is 5.11 Å². The van der Waals surface area contributed by atoms with Gasteiger partial charge in [-0.1, -0.05) is 19.3 Å². The zero-order chi connectivity index (χ0) is 12.8. The summed E-state index contributed by atoms with van der Waals surface area (Å²) in [4.78, 5) is 5.58. The van der Waals surface area contributed by atoms with Gasteiger partial charge in [0.05, 0.1) is 5.01 Å². The Morgan fingerprint density at radius 2 is 2.22 bits per heavy atom. The number of nitrogens with one attached hydrogen (secondary N) is 1. The predicted molar refractivity (Wildman–Crippen MR) is 75.8 cm³/mol. The van der Waals surface area contributed by atoms with Gasteiger partial charge < -0.3 is 10.4 Å². The van der Waals surface area contributed by atoms with Gasteiger partial charge in [-0.25, -0.2) is 4.98 Å². The van der Waals surface area contributed by atoms with Gasteiger partial charge in [-0.3, -0.25) is 0 Å². The number of hydrogen-bond donors (Lipinski definition) is 2. The van der Waals surface area contributed by atoms with Gasteiger partial charge >= 0.3 is 0 Å². The van der Waals surface area contributed by atoms with Crippen LogP contribution in [0, 0.1) is 12.8 Å². The Bertz CT molecular complexity index is 347. The number of thiazole rings is 1. The number of nitrogens with zero attached hydrogens (tertiary/aromatic N) is 1. The molecule has 4 heteroatoms. The van der Waals surface area contributed by atoms with Crippen molar-refractivity contribution in [3.63, 3.8) is 0 Å². The Morgan fingerprint density at radius 3 is 2.83 bits per heavy atom. The number of aromatic nitrogens is 1. The van der Waals surface area contributed by atoms with Crippen molar-refractivity contribution in [2.24, 2.45) is 5.92 Å². The molecule has 18 heavy (non-hydrogen) atoms. The first kappa shape index (κ1) is 14.0. The molecule has 3 nitrogen and oxygen atoms in total. The normalized spacial score (nSPS) is 19.0. The average Bonchev–Trinajstić information content (AvgIpc) is 2.81. The third kappa shape index (κ3) is 4.04. The maximum absolute atomic E-state index is 9.22. The number of aryl methyl sites for hydroxylation is 1. The number of aliphatic hydroxyl groups is 1. The summed E-state index contributed by atoms with van der Waals surface area (Å²) in [5.74, 6) is 0.750. The van der Waals surface area contributed by atoms with Crippen molar-refractivity contribution in [3.8, 4) is 0 Å². The van der Waals surface area contributed by atoms with Crippen LogP contribution in [0.15, 0.2) is 6.20 Å². The second-order valence-electron chi connectivity index (χ2n) is 5.24. The van der Waals surface area contributed by atoms with E-state index in [1.807, 2.05) is 13.1 Å². The molecule has 0 amide bonds. The van der Waals surface area contributed by atoms with Crippen molar-refractivity contribution >= 4 is 11.3 Å². The van der Waals surface area contributed by atoms with Crippen LogP contribution in [0.5, 0.6) is 0 Å². The van der Waals surface area contributed by atoms with Gasteiger partial charge in [0.25, 0.3) is 0 Å². The number of rotatable bonds is 6. The molecule has 0 spiro atoms. The zero-order valence-corrected chi connectivity index (χ0v) is 12.0. The summed E-state index contributed by atoms with van der Waals surface area (Å²) in [7, 11) is 0. The van der Waals surface area contributed by atoms with E-state index < -0.39 is 0 Å². The van der Waals surface area contributed by atoms with E-state index in [1.165, 1.54) is 37.0 Å². The lowest BCUT2D eigenvalue weighted by molar-refractivity contribution is 0.206. The van der Waals surface area contributed by atoms with Gasteiger partial charge in [0.2, 0.25) is 0 Å². The van der Waals surface area contributed by atoms with Gasteiger partial charge in [0.1, 0.15) is 0 Å². The molecule has 0 bridgehead atoms. The highest BCUT2D eigenvalue weighted by Crippen LogP contribution is 2.28. The average molecular weight is 268 g/mol. The third-order valence-electron chi connectivity index (χ3n) is 3.87. The van der Waals surface area contributed by atoms with Crippen LogP contribution in [0.1, 0.15) is 48.4 Å². The van der Waals surface area contributed by atoms with Crippen LogP contribution in [-0.2, 0) is 6.54 Å². The minimum atomic E-state index is 0.288. The Balaban J connectivity index is 1.85. The highest BCUT2D eigenvalue weighted by molar-refractivity contribution is 7.11. The summed E-state index contributed by atoms with van der Waals surface area (Å²) >= 11 is 1.76. The minimum Gasteiger partial charge on any atom is -0.396 e. The molecule has 0 aliphatic heterocycles. The van der Waals surface area contributed by atoms with Crippen LogP contribution in [0.25, 0.3) is 0 Å². The molecular formula is C14H24N2OS. The monoisotopic (exact) mass is 268 g/mol. The summed E-state index contributed by atoms with van der Waals surface area (Å²) in [5, 5.41) is 14.0. The molecular weight excluding hydrogens is 244 g/mol. The highest BCUT2D eigenvalue weighted by Gasteiger charge is 2.22. The maximum Gasteiger partial charge on any atom is 0.0897 e. The zero-order valence-electron chi connectivity index (χ0n) is 11.2. The van der Waals surface area contributed by atoms with E-state index in [0.29, 0.717) is 6.04 Å². The molecule has 1 fully saturated rings. The molecule has 2 rings (SSSR count). The third-order valence-corrected chi connectivity index (χ3v) is 4.78. The van der Waals surface area contributed by atoms with Gasteiger partial charge in [-0.05, 0) is 32.1 Å². The van der Waals surface area contributed by atoms with Gasteiger partial charge in [0, 0.05) is 30.3 Å². The second-order valence-corrected chi connectivity index (χ2v) is 6.56. The fourth-order valence-corrected chi connectivity index (χ4v) is 3.64. The van der Waals surface area contributed by atoms with E-state index in [-0.39, 0.29) is 6.61 Å². The fraction of sp³-hybridized carbons (Fsp3) is 0.786. The van der Waals surface area contributed by atoms with Crippen molar-refractivity contribution in [2.75, 3.05) is 6.61 Å². The minimum absolute atomic E-state index is 0.288. The molecule has 102 valence electrons. The lowest BCUT2D eigenvalue weighted by atomic mass is 9.83. The van der Waals surface area contributed by atoms with Gasteiger partial charge in [0.15, 0.2) is 0 Å². The molecule has 1 aliphatic carbocycles. The van der Waals surface area contributed by atoms with E-state index in [0.717, 1.165) is 23.9 Å². The molecule has 1 atom stereocenters. The van der Waals surface area contributed by atoms with Crippen molar-refractivity contribution in [3.05, 3.63) is 16.1 Å². The smallest absolute Gasteiger partial charge is 0.0897 e. The first-order valence-corrected chi connectivity index (χ1v) is 7.87. The molecule has 2 N–H and O–H groups in total. The van der Waals surface area contributed by atoms with E-state index >= 15 is 0 Å². The molecule has 1 saturated carbocycles. The standard InChI is InChI=1S/C14H24N2OS/c1-11-15-9-13(18-11)10-16-14(7-8-17)12-5-3-2-4-6-12/h9,12,14,16-17H,2-8,10H2,1H3/t14-/m1/s1. The number of hydrogen-bond acceptors (Lipinski definition) is 4. The maximum atomic E-state index is 9.22. The quantitative estimate of drug-likeness (QED) is 0.834. The van der Waals surface area contributed by atoms with Crippen molar-refractivity contribution in [1.82, 2.24) is 10.3 Å². The summed E-state index contributed by atoms with van der Waals surface area (Å²) in [6, 6.07) is 0.470. The first-order chi connectivity index (χ1) is 8.79. The molecule has 0 radical (unpaired) electrons.